The molecule has 1 aromatic rings. The normalized spacial score (nSPS) is 21.2. The summed E-state index contributed by atoms with van der Waals surface area (Å²) in [6, 6.07) is 1.02. The van der Waals surface area contributed by atoms with E-state index in [4.69, 9.17) is 4.74 Å². The quantitative estimate of drug-likeness (QED) is 0.276. The first-order valence-electron chi connectivity index (χ1n) is 12.0. The van der Waals surface area contributed by atoms with Crippen molar-refractivity contribution in [1.29, 1.82) is 0 Å². The molecule has 1 unspecified atom stereocenters. The Labute approximate surface area is 210 Å². The molecule has 0 spiro atoms. The number of alkyl carbamates (subject to hydrolysis) is 1. The van der Waals surface area contributed by atoms with Gasteiger partial charge in [-0.2, -0.15) is 0 Å². The van der Waals surface area contributed by atoms with E-state index >= 15 is 0 Å². The largest absolute Gasteiger partial charge is 0.746 e. The second kappa shape index (κ2) is 11.5. The molecule has 3 rings (SSSR count). The van der Waals surface area contributed by atoms with E-state index in [1.54, 1.807) is 18.5 Å². The van der Waals surface area contributed by atoms with E-state index in [1.165, 1.54) is 0 Å². The van der Waals surface area contributed by atoms with Gasteiger partial charge in [-0.05, 0) is 49.7 Å². The van der Waals surface area contributed by atoms with E-state index in [0.717, 1.165) is 5.56 Å². The van der Waals surface area contributed by atoms with Crippen LogP contribution in [-0.4, -0.2) is 70.6 Å². The van der Waals surface area contributed by atoms with Gasteiger partial charge in [0.1, 0.15) is 21.8 Å². The minimum Gasteiger partial charge on any atom is -0.746 e. The maximum Gasteiger partial charge on any atom is 0.408 e. The van der Waals surface area contributed by atoms with Crippen LogP contribution in [-0.2, 0) is 30.9 Å². The van der Waals surface area contributed by atoms with E-state index in [1.807, 2.05) is 19.9 Å². The van der Waals surface area contributed by atoms with Gasteiger partial charge in [0, 0.05) is 31.3 Å². The molecule has 0 aromatic carbocycles. The number of nitrogens with one attached hydrogen (secondary N) is 3. The molecule has 4 atom stereocenters. The fraction of sp³-hybridized carbons (Fsp3) is 0.652. The van der Waals surface area contributed by atoms with E-state index in [-0.39, 0.29) is 24.7 Å². The molecular formula is C23H33N4O8S-. The van der Waals surface area contributed by atoms with Crippen molar-refractivity contribution in [3.8, 4) is 0 Å². The topological polar surface area (TPSA) is 187 Å². The third kappa shape index (κ3) is 7.87. The Morgan fingerprint density at radius 3 is 2.58 bits per heavy atom. The zero-order valence-electron chi connectivity index (χ0n) is 20.3. The smallest absolute Gasteiger partial charge is 0.408 e. The van der Waals surface area contributed by atoms with Gasteiger partial charge in [-0.1, -0.05) is 19.9 Å². The van der Waals surface area contributed by atoms with Crippen LogP contribution in [0.15, 0.2) is 24.5 Å². The summed E-state index contributed by atoms with van der Waals surface area (Å²) in [4.78, 5) is 41.8. The number of carbonyl (C=O) groups is 3. The van der Waals surface area contributed by atoms with Gasteiger partial charge in [-0.15, -0.1) is 0 Å². The first kappa shape index (κ1) is 27.8. The number of nitrogens with zero attached hydrogens (tertiary/aromatic N) is 1. The van der Waals surface area contributed by atoms with Gasteiger partial charge in [0.05, 0.1) is 6.04 Å². The maximum atomic E-state index is 13.1. The van der Waals surface area contributed by atoms with Gasteiger partial charge >= 0.3 is 6.09 Å². The fourth-order valence-corrected chi connectivity index (χ4v) is 4.89. The number of amides is 3. The molecule has 3 amide bonds. The number of hydrogen-bond donors (Lipinski definition) is 4. The molecule has 1 aliphatic heterocycles. The summed E-state index contributed by atoms with van der Waals surface area (Å²) >= 11 is 0. The first-order valence-corrected chi connectivity index (χ1v) is 13.4. The number of ether oxygens (including phenoxy) is 1. The molecule has 0 radical (unpaired) electrons. The van der Waals surface area contributed by atoms with Gasteiger partial charge in [-0.25, -0.2) is 13.2 Å². The zero-order chi connectivity index (χ0) is 26.5. The Bertz CT molecular complexity index is 1050. The van der Waals surface area contributed by atoms with Crippen molar-refractivity contribution < 1.29 is 37.2 Å². The Balaban J connectivity index is 1.67. The SMILES string of the molecule is CC(C)C[C@H](NC(=O)OC1(Cc2cccnc2)CC1)C(=O)N[C@@H](C[C@@H]1CCNC1=O)C(O)S(=O)(=O)[O-]. The van der Waals surface area contributed by atoms with Crippen LogP contribution in [0.4, 0.5) is 4.79 Å². The lowest BCUT2D eigenvalue weighted by molar-refractivity contribution is -0.126. The van der Waals surface area contributed by atoms with E-state index in [9.17, 15) is 32.5 Å². The molecular weight excluding hydrogens is 492 g/mol. The Morgan fingerprint density at radius 1 is 1.33 bits per heavy atom. The van der Waals surface area contributed by atoms with E-state index < -0.39 is 51.2 Å². The van der Waals surface area contributed by atoms with Gasteiger partial charge in [0.15, 0.2) is 5.44 Å². The summed E-state index contributed by atoms with van der Waals surface area (Å²) in [6.07, 6.45) is 4.65. The van der Waals surface area contributed by atoms with Crippen LogP contribution in [0, 0.1) is 11.8 Å². The van der Waals surface area contributed by atoms with Crippen molar-refractivity contribution in [1.82, 2.24) is 20.9 Å². The molecule has 2 aliphatic rings. The highest BCUT2D eigenvalue weighted by molar-refractivity contribution is 7.86. The van der Waals surface area contributed by atoms with Crippen molar-refractivity contribution in [3.63, 3.8) is 0 Å². The number of pyridine rings is 1. The van der Waals surface area contributed by atoms with Crippen LogP contribution < -0.4 is 16.0 Å². The van der Waals surface area contributed by atoms with Crippen molar-refractivity contribution in [2.75, 3.05) is 6.54 Å². The Hall–Kier alpha value is -2.77. The van der Waals surface area contributed by atoms with Crippen LogP contribution in [0.5, 0.6) is 0 Å². The molecule has 1 saturated heterocycles. The second-order valence-electron chi connectivity index (χ2n) is 9.95. The maximum absolute atomic E-state index is 13.1. The van der Waals surface area contributed by atoms with Gasteiger partial charge in [0.25, 0.3) is 0 Å². The average Bonchev–Trinajstić information content (AvgIpc) is 3.41. The lowest BCUT2D eigenvalue weighted by Gasteiger charge is -2.30. The molecule has 4 N–H and O–H groups in total. The van der Waals surface area contributed by atoms with Crippen LogP contribution in [0.25, 0.3) is 0 Å². The van der Waals surface area contributed by atoms with Crippen LogP contribution in [0.1, 0.15) is 51.5 Å². The van der Waals surface area contributed by atoms with Crippen LogP contribution >= 0.6 is 0 Å². The summed E-state index contributed by atoms with van der Waals surface area (Å²) in [6.45, 7) is 4.03. The molecule has 200 valence electrons. The molecule has 36 heavy (non-hydrogen) atoms. The van der Waals surface area contributed by atoms with Crippen molar-refractivity contribution in [3.05, 3.63) is 30.1 Å². The monoisotopic (exact) mass is 525 g/mol. The van der Waals surface area contributed by atoms with Crippen molar-refractivity contribution in [2.45, 2.75) is 75.5 Å². The second-order valence-corrected chi connectivity index (χ2v) is 11.4. The predicted molar refractivity (Wildman–Crippen MR) is 126 cm³/mol. The molecule has 12 nitrogen and oxygen atoms in total. The molecule has 2 heterocycles. The van der Waals surface area contributed by atoms with E-state index in [2.05, 4.69) is 20.9 Å². The van der Waals surface area contributed by atoms with Crippen molar-refractivity contribution in [2.24, 2.45) is 11.8 Å². The van der Waals surface area contributed by atoms with Gasteiger partial charge in [0.2, 0.25) is 11.8 Å². The highest BCUT2D eigenvalue weighted by Crippen LogP contribution is 2.42. The van der Waals surface area contributed by atoms with Crippen LogP contribution in [0.3, 0.4) is 0 Å². The fourth-order valence-electron chi connectivity index (χ4n) is 4.31. The summed E-state index contributed by atoms with van der Waals surface area (Å²) in [7, 11) is -5.18. The minimum absolute atomic E-state index is 0.0430. The molecule has 2 fully saturated rings. The lowest BCUT2D eigenvalue weighted by Crippen LogP contribution is -2.55. The third-order valence-corrected chi connectivity index (χ3v) is 7.27. The number of hydrogen-bond acceptors (Lipinski definition) is 9. The Kier molecular flexibility index (Phi) is 8.90. The first-order chi connectivity index (χ1) is 16.9. The summed E-state index contributed by atoms with van der Waals surface area (Å²) in [5.74, 6) is -1.86. The van der Waals surface area contributed by atoms with Crippen LogP contribution in [0.2, 0.25) is 0 Å². The van der Waals surface area contributed by atoms with Crippen molar-refractivity contribution >= 4 is 28.0 Å². The number of carbonyl (C=O) groups excluding carboxylic acids is 3. The predicted octanol–water partition coefficient (Wildman–Crippen LogP) is 0.172. The number of aliphatic hydroxyl groups excluding tert-OH is 1. The minimum atomic E-state index is -5.18. The number of aliphatic hydroxyl groups is 1. The average molecular weight is 526 g/mol. The highest BCUT2D eigenvalue weighted by Gasteiger charge is 2.47. The highest BCUT2D eigenvalue weighted by atomic mass is 32.2. The van der Waals surface area contributed by atoms with Gasteiger partial charge in [-0.3, -0.25) is 14.6 Å². The third-order valence-electron chi connectivity index (χ3n) is 6.35. The van der Waals surface area contributed by atoms with Gasteiger partial charge < -0.3 is 30.3 Å². The molecule has 13 heteroatoms. The summed E-state index contributed by atoms with van der Waals surface area (Å²) in [5.41, 5.74) is -2.22. The summed E-state index contributed by atoms with van der Waals surface area (Å²) in [5, 5.41) is 17.6. The molecule has 1 aliphatic carbocycles. The molecule has 1 aromatic heterocycles. The lowest BCUT2D eigenvalue weighted by atomic mass is 9.97. The molecule has 0 bridgehead atoms. The summed E-state index contributed by atoms with van der Waals surface area (Å²) < 4.78 is 40.1. The number of rotatable bonds is 12. The Morgan fingerprint density at radius 2 is 2.06 bits per heavy atom. The van der Waals surface area contributed by atoms with E-state index in [0.29, 0.717) is 32.2 Å². The molecule has 1 saturated carbocycles. The standard InChI is InChI=1S/C23H34N4O8S/c1-14(2)10-17(27-22(31)35-23(6-7-23)12-15-4-3-8-24-13-15)20(29)26-18(21(30)36(32,33)34)11-16-5-9-25-19(16)28/h3-4,8,13-14,16-18,21,30H,5-7,9-12H2,1-2H3,(H,25,28)(H,26,29)(H,27,31)(H,32,33,34)/p-1/t16-,17-,18-,21?/m0/s1. The zero-order valence-corrected chi connectivity index (χ0v) is 21.1. The number of aromatic nitrogens is 1.